The Bertz CT molecular complexity index is 698. The highest BCUT2D eigenvalue weighted by atomic mass is 32.2. The molecule has 19 heavy (non-hydrogen) atoms. The van der Waals surface area contributed by atoms with Crippen LogP contribution in [-0.2, 0) is 23.6 Å². The molecule has 0 radical (unpaired) electrons. The molecule has 2 aromatic rings. The number of anilines is 1. The molecule has 102 valence electrons. The van der Waals surface area contributed by atoms with Gasteiger partial charge < -0.3 is 5.73 Å². The van der Waals surface area contributed by atoms with Crippen molar-refractivity contribution < 1.29 is 12.8 Å². The second-order valence-corrected chi connectivity index (χ2v) is 5.61. The zero-order valence-electron chi connectivity index (χ0n) is 10.0. The highest BCUT2D eigenvalue weighted by Gasteiger charge is 2.16. The smallest absolute Gasteiger partial charge is 0.241 e. The highest BCUT2D eigenvalue weighted by Crippen LogP contribution is 2.16. The number of aromatic nitrogens is 3. The molecule has 0 spiro atoms. The monoisotopic (exact) mass is 285 g/mol. The Hall–Kier alpha value is -2.00. The number of nitrogens with zero attached hydrogens (tertiary/aromatic N) is 3. The van der Waals surface area contributed by atoms with E-state index in [-0.39, 0.29) is 17.1 Å². The van der Waals surface area contributed by atoms with Crippen LogP contribution in [0.2, 0.25) is 0 Å². The van der Waals surface area contributed by atoms with Gasteiger partial charge in [0, 0.05) is 7.05 Å². The number of rotatable bonds is 4. The number of benzene rings is 1. The minimum atomic E-state index is -3.77. The summed E-state index contributed by atoms with van der Waals surface area (Å²) in [7, 11) is -2.10. The molecule has 0 atom stereocenters. The van der Waals surface area contributed by atoms with Gasteiger partial charge in [0.05, 0.1) is 17.1 Å². The van der Waals surface area contributed by atoms with Crippen molar-refractivity contribution in [3.05, 3.63) is 36.2 Å². The Morgan fingerprint density at radius 1 is 1.47 bits per heavy atom. The van der Waals surface area contributed by atoms with E-state index in [0.717, 1.165) is 18.2 Å². The van der Waals surface area contributed by atoms with Gasteiger partial charge in [-0.2, -0.15) is 5.10 Å². The lowest BCUT2D eigenvalue weighted by molar-refractivity contribution is 0.578. The van der Waals surface area contributed by atoms with Crippen molar-refractivity contribution in [2.24, 2.45) is 7.05 Å². The number of nitrogens with two attached hydrogens (primary N) is 1. The van der Waals surface area contributed by atoms with Crippen LogP contribution >= 0.6 is 0 Å². The molecule has 7 nitrogen and oxygen atoms in total. The summed E-state index contributed by atoms with van der Waals surface area (Å²) in [5, 5.41) is 3.93. The van der Waals surface area contributed by atoms with Gasteiger partial charge in [0.1, 0.15) is 12.1 Å². The van der Waals surface area contributed by atoms with Gasteiger partial charge in [-0.25, -0.2) is 22.5 Å². The highest BCUT2D eigenvalue weighted by molar-refractivity contribution is 7.89. The summed E-state index contributed by atoms with van der Waals surface area (Å²) in [5.74, 6) is -0.327. The maximum absolute atomic E-state index is 13.0. The third-order valence-corrected chi connectivity index (χ3v) is 3.74. The first kappa shape index (κ1) is 13.4. The number of halogens is 1. The normalized spacial score (nSPS) is 11.7. The van der Waals surface area contributed by atoms with E-state index in [4.69, 9.17) is 5.73 Å². The van der Waals surface area contributed by atoms with E-state index in [9.17, 15) is 12.8 Å². The molecule has 0 saturated heterocycles. The van der Waals surface area contributed by atoms with Gasteiger partial charge in [-0.1, -0.05) is 0 Å². The summed E-state index contributed by atoms with van der Waals surface area (Å²) in [6.07, 6.45) is 1.46. The molecule has 0 amide bonds. The molecular weight excluding hydrogens is 273 g/mol. The second-order valence-electron chi connectivity index (χ2n) is 3.84. The Morgan fingerprint density at radius 2 is 2.21 bits per heavy atom. The first-order valence-corrected chi connectivity index (χ1v) is 6.76. The van der Waals surface area contributed by atoms with Crippen molar-refractivity contribution in [2.75, 3.05) is 5.73 Å². The summed E-state index contributed by atoms with van der Waals surface area (Å²) in [6.45, 7) is -0.0551. The SMILES string of the molecule is Cn1cnc(CNS(=O)(=O)c2ccc(F)c(N)c2)n1. The van der Waals surface area contributed by atoms with Crippen LogP contribution in [0.4, 0.5) is 10.1 Å². The van der Waals surface area contributed by atoms with Crippen LogP contribution in [0.1, 0.15) is 5.82 Å². The number of hydrogen-bond donors (Lipinski definition) is 2. The average molecular weight is 285 g/mol. The van der Waals surface area contributed by atoms with Gasteiger partial charge >= 0.3 is 0 Å². The van der Waals surface area contributed by atoms with Gasteiger partial charge in [0.25, 0.3) is 0 Å². The van der Waals surface area contributed by atoms with Crippen molar-refractivity contribution in [2.45, 2.75) is 11.4 Å². The van der Waals surface area contributed by atoms with Crippen LogP contribution in [0.15, 0.2) is 29.4 Å². The van der Waals surface area contributed by atoms with Gasteiger partial charge in [-0.15, -0.1) is 0 Å². The molecule has 2 rings (SSSR count). The molecule has 1 aromatic carbocycles. The number of sulfonamides is 1. The van der Waals surface area contributed by atoms with Crippen molar-refractivity contribution in [1.82, 2.24) is 19.5 Å². The summed E-state index contributed by atoms with van der Waals surface area (Å²) in [4.78, 5) is 3.78. The maximum Gasteiger partial charge on any atom is 0.241 e. The van der Waals surface area contributed by atoms with Crippen molar-refractivity contribution in [3.63, 3.8) is 0 Å². The van der Waals surface area contributed by atoms with Gasteiger partial charge in [-0.05, 0) is 18.2 Å². The third-order valence-electron chi connectivity index (χ3n) is 2.35. The lowest BCUT2D eigenvalue weighted by atomic mass is 10.3. The minimum Gasteiger partial charge on any atom is -0.396 e. The fourth-order valence-corrected chi connectivity index (χ4v) is 2.41. The standard InChI is InChI=1S/C10H12FN5O2S/c1-16-6-13-10(15-16)5-14-19(17,18)7-2-3-8(11)9(12)4-7/h2-4,6,14H,5,12H2,1H3. The van der Waals surface area contributed by atoms with Crippen LogP contribution in [0.3, 0.4) is 0 Å². The summed E-state index contributed by atoms with van der Waals surface area (Å²) < 4.78 is 40.6. The van der Waals surface area contributed by atoms with Crippen LogP contribution in [0.5, 0.6) is 0 Å². The second kappa shape index (κ2) is 4.94. The number of hydrogen-bond acceptors (Lipinski definition) is 5. The third kappa shape index (κ3) is 3.06. The van der Waals surface area contributed by atoms with Gasteiger partial charge in [0.15, 0.2) is 5.82 Å². The van der Waals surface area contributed by atoms with Gasteiger partial charge in [0.2, 0.25) is 10.0 Å². The van der Waals surface area contributed by atoms with E-state index in [1.807, 2.05) is 0 Å². The Labute approximate surface area is 109 Å². The summed E-state index contributed by atoms with van der Waals surface area (Å²) in [5.41, 5.74) is 5.11. The molecule has 1 aromatic heterocycles. The van der Waals surface area contributed by atoms with E-state index in [0.29, 0.717) is 5.82 Å². The zero-order chi connectivity index (χ0) is 14.0. The predicted octanol–water partition coefficient (Wildman–Crippen LogP) is 0.0149. The lowest BCUT2D eigenvalue weighted by Crippen LogP contribution is -2.24. The molecule has 0 aliphatic heterocycles. The fraction of sp³-hybridized carbons (Fsp3) is 0.200. The zero-order valence-corrected chi connectivity index (χ0v) is 10.9. The molecule has 0 unspecified atom stereocenters. The van der Waals surface area contributed by atoms with E-state index < -0.39 is 15.8 Å². The minimum absolute atomic E-state index is 0.0551. The molecule has 9 heteroatoms. The summed E-state index contributed by atoms with van der Waals surface area (Å²) in [6, 6.07) is 3.20. The topological polar surface area (TPSA) is 103 Å². The van der Waals surface area contributed by atoms with Crippen LogP contribution < -0.4 is 10.5 Å². The largest absolute Gasteiger partial charge is 0.396 e. The fourth-order valence-electron chi connectivity index (χ4n) is 1.40. The molecular formula is C10H12FN5O2S. The Kier molecular flexibility index (Phi) is 3.49. The number of nitrogens with one attached hydrogen (secondary N) is 1. The molecule has 0 aliphatic rings. The van der Waals surface area contributed by atoms with E-state index >= 15 is 0 Å². The molecule has 1 heterocycles. The van der Waals surface area contributed by atoms with Gasteiger partial charge in [-0.3, -0.25) is 4.68 Å². The summed E-state index contributed by atoms with van der Waals surface area (Å²) >= 11 is 0. The van der Waals surface area contributed by atoms with Crippen LogP contribution in [0.25, 0.3) is 0 Å². The predicted molar refractivity (Wildman–Crippen MR) is 65.8 cm³/mol. The van der Waals surface area contributed by atoms with Crippen molar-refractivity contribution in [1.29, 1.82) is 0 Å². The van der Waals surface area contributed by atoms with Crippen molar-refractivity contribution >= 4 is 15.7 Å². The van der Waals surface area contributed by atoms with Crippen LogP contribution in [-0.4, -0.2) is 23.2 Å². The van der Waals surface area contributed by atoms with E-state index in [2.05, 4.69) is 14.8 Å². The van der Waals surface area contributed by atoms with E-state index in [1.165, 1.54) is 11.0 Å². The number of aryl methyl sites for hydroxylation is 1. The first-order chi connectivity index (χ1) is 8.88. The molecule has 3 N–H and O–H groups in total. The first-order valence-electron chi connectivity index (χ1n) is 5.28. The Morgan fingerprint density at radius 3 is 2.79 bits per heavy atom. The van der Waals surface area contributed by atoms with Crippen LogP contribution in [0, 0.1) is 5.82 Å². The maximum atomic E-state index is 13.0. The lowest BCUT2D eigenvalue weighted by Gasteiger charge is -2.06. The average Bonchev–Trinajstić information content (AvgIpc) is 2.76. The quantitative estimate of drug-likeness (QED) is 0.771. The molecule has 0 fully saturated rings. The molecule has 0 saturated carbocycles. The molecule has 0 bridgehead atoms. The molecule has 0 aliphatic carbocycles. The Balaban J connectivity index is 2.16. The van der Waals surface area contributed by atoms with Crippen molar-refractivity contribution in [3.8, 4) is 0 Å². The number of nitrogen functional groups attached to an aromatic ring is 1. The van der Waals surface area contributed by atoms with E-state index in [1.54, 1.807) is 7.05 Å².